The molecule has 0 spiro atoms. The van der Waals surface area contributed by atoms with Crippen LogP contribution in [0.1, 0.15) is 16.5 Å². The van der Waals surface area contributed by atoms with Gasteiger partial charge in [-0.15, -0.1) is 11.3 Å². The largest absolute Gasteiger partial charge is 0.377 e. The number of aliphatic hydroxyl groups excluding tert-OH is 1. The molecule has 1 unspecified atom stereocenters. The molecular weight excluding hydrogens is 178 g/mol. The maximum atomic E-state index is 10.4. The van der Waals surface area contributed by atoms with Crippen LogP contribution < -0.4 is 0 Å². The lowest BCUT2D eigenvalue weighted by atomic mass is 10.2. The van der Waals surface area contributed by atoms with E-state index in [4.69, 9.17) is 0 Å². The van der Waals surface area contributed by atoms with Crippen LogP contribution in [0.25, 0.3) is 6.08 Å². The maximum Gasteiger partial charge on any atom is 0.280 e. The second-order valence-corrected chi connectivity index (χ2v) is 3.42. The maximum absolute atomic E-state index is 10.4. The molecule has 0 aromatic carbocycles. The van der Waals surface area contributed by atoms with Crippen molar-refractivity contribution in [3.05, 3.63) is 37.7 Å². The van der Waals surface area contributed by atoms with Crippen molar-refractivity contribution in [2.45, 2.75) is 6.10 Å². The van der Waals surface area contributed by atoms with Crippen molar-refractivity contribution >= 4 is 17.4 Å². The van der Waals surface area contributed by atoms with E-state index < -0.39 is 11.0 Å². The van der Waals surface area contributed by atoms with E-state index in [1.54, 1.807) is 11.4 Å². The summed E-state index contributed by atoms with van der Waals surface area (Å²) in [5.41, 5.74) is 0.517. The van der Waals surface area contributed by atoms with E-state index in [2.05, 4.69) is 0 Å². The first-order valence-electron chi connectivity index (χ1n) is 3.31. The van der Waals surface area contributed by atoms with E-state index in [9.17, 15) is 15.2 Å². The fourth-order valence-electron chi connectivity index (χ4n) is 1.20. The molecular formula is C7H5NO3S. The van der Waals surface area contributed by atoms with Gasteiger partial charge in [-0.3, -0.25) is 10.1 Å². The van der Waals surface area contributed by atoms with Crippen molar-refractivity contribution in [2.24, 2.45) is 0 Å². The molecule has 0 radical (unpaired) electrons. The van der Waals surface area contributed by atoms with Gasteiger partial charge in [0.1, 0.15) is 0 Å². The van der Waals surface area contributed by atoms with Crippen molar-refractivity contribution in [1.29, 1.82) is 0 Å². The molecule has 0 saturated carbocycles. The molecule has 62 valence electrons. The minimum absolute atomic E-state index is 0.128. The summed E-state index contributed by atoms with van der Waals surface area (Å²) in [5, 5.41) is 21.6. The Balaban J connectivity index is 2.47. The molecule has 1 aliphatic carbocycles. The standard InChI is InChI=1S/C7H5NO3S/c9-7-4-1-2-12-6(4)3-5(7)8(10)11/h1-3,7,9H. The van der Waals surface area contributed by atoms with E-state index in [1.165, 1.54) is 17.4 Å². The summed E-state index contributed by atoms with van der Waals surface area (Å²) >= 11 is 1.40. The van der Waals surface area contributed by atoms with Crippen molar-refractivity contribution in [2.75, 3.05) is 0 Å². The number of hydrogen-bond donors (Lipinski definition) is 1. The number of aliphatic hydroxyl groups is 1. The molecule has 1 aliphatic rings. The molecule has 4 nitrogen and oxygen atoms in total. The molecule has 1 N–H and O–H groups in total. The van der Waals surface area contributed by atoms with Crippen LogP contribution in [0, 0.1) is 10.1 Å². The quantitative estimate of drug-likeness (QED) is 0.529. The highest BCUT2D eigenvalue weighted by molar-refractivity contribution is 7.11. The lowest BCUT2D eigenvalue weighted by Gasteiger charge is -1.99. The van der Waals surface area contributed by atoms with Gasteiger partial charge in [-0.2, -0.15) is 0 Å². The molecule has 1 atom stereocenters. The van der Waals surface area contributed by atoms with Gasteiger partial charge < -0.3 is 5.11 Å². The third-order valence-electron chi connectivity index (χ3n) is 1.79. The van der Waals surface area contributed by atoms with Crippen molar-refractivity contribution < 1.29 is 10.0 Å². The Hall–Kier alpha value is -1.20. The first-order valence-corrected chi connectivity index (χ1v) is 4.19. The van der Waals surface area contributed by atoms with Crippen molar-refractivity contribution in [1.82, 2.24) is 0 Å². The molecule has 1 aromatic heterocycles. The molecule has 0 saturated heterocycles. The van der Waals surface area contributed by atoms with Crippen LogP contribution in [-0.2, 0) is 0 Å². The van der Waals surface area contributed by atoms with Crippen molar-refractivity contribution in [3.8, 4) is 0 Å². The van der Waals surface area contributed by atoms with Gasteiger partial charge in [-0.25, -0.2) is 0 Å². The fraction of sp³-hybridized carbons (Fsp3) is 0.143. The summed E-state index contributed by atoms with van der Waals surface area (Å²) in [6, 6.07) is 1.71. The SMILES string of the molecule is O=[N+]([O-])C1=Cc2sccc2C1O. The smallest absolute Gasteiger partial charge is 0.280 e. The number of rotatable bonds is 1. The normalized spacial score (nSPS) is 20.4. The molecule has 0 fully saturated rings. The predicted octanol–water partition coefficient (Wildman–Crippen LogP) is 1.41. The molecule has 0 bridgehead atoms. The summed E-state index contributed by atoms with van der Waals surface area (Å²) in [4.78, 5) is 10.6. The number of thiophene rings is 1. The van der Waals surface area contributed by atoms with E-state index in [1.807, 2.05) is 0 Å². The summed E-state index contributed by atoms with van der Waals surface area (Å²) < 4.78 is 0. The molecule has 2 rings (SSSR count). The van der Waals surface area contributed by atoms with Gasteiger partial charge in [-0.1, -0.05) is 0 Å². The Morgan fingerprint density at radius 2 is 2.42 bits per heavy atom. The molecule has 5 heteroatoms. The number of hydrogen-bond acceptors (Lipinski definition) is 4. The minimum atomic E-state index is -1.04. The average Bonchev–Trinajstić information content (AvgIpc) is 2.53. The van der Waals surface area contributed by atoms with Gasteiger partial charge in [0.25, 0.3) is 5.70 Å². The summed E-state index contributed by atoms with van der Waals surface area (Å²) in [6.45, 7) is 0. The Bertz CT molecular complexity index is 368. The van der Waals surface area contributed by atoms with E-state index in [0.717, 1.165) is 4.88 Å². The number of nitrogens with zero attached hydrogens (tertiary/aromatic N) is 1. The highest BCUT2D eigenvalue weighted by atomic mass is 32.1. The van der Waals surface area contributed by atoms with E-state index in [0.29, 0.717) is 5.56 Å². The third-order valence-corrected chi connectivity index (χ3v) is 2.67. The molecule has 1 aromatic rings. The summed E-state index contributed by atoms with van der Waals surface area (Å²) in [5.74, 6) is 0. The van der Waals surface area contributed by atoms with E-state index >= 15 is 0 Å². The monoisotopic (exact) mass is 183 g/mol. The molecule has 12 heavy (non-hydrogen) atoms. The Morgan fingerprint density at radius 3 is 3.00 bits per heavy atom. The first kappa shape index (κ1) is 7.45. The van der Waals surface area contributed by atoms with Gasteiger partial charge in [-0.05, 0) is 11.4 Å². The van der Waals surface area contributed by atoms with Gasteiger partial charge in [0, 0.05) is 16.5 Å². The minimum Gasteiger partial charge on any atom is -0.377 e. The van der Waals surface area contributed by atoms with Gasteiger partial charge in [0.2, 0.25) is 0 Å². The number of nitro groups is 1. The third kappa shape index (κ3) is 0.870. The second kappa shape index (κ2) is 2.40. The average molecular weight is 183 g/mol. The molecule has 0 amide bonds. The fourth-order valence-corrected chi connectivity index (χ4v) is 2.06. The van der Waals surface area contributed by atoms with Gasteiger partial charge in [0.05, 0.1) is 4.92 Å². The Labute approximate surface area is 71.9 Å². The summed E-state index contributed by atoms with van der Waals surface area (Å²) in [7, 11) is 0. The highest BCUT2D eigenvalue weighted by Crippen LogP contribution is 2.37. The zero-order valence-corrected chi connectivity index (χ0v) is 6.75. The predicted molar refractivity (Wildman–Crippen MR) is 44.3 cm³/mol. The van der Waals surface area contributed by atoms with Crippen LogP contribution in [-0.4, -0.2) is 10.0 Å². The second-order valence-electron chi connectivity index (χ2n) is 2.47. The molecule has 1 heterocycles. The van der Waals surface area contributed by atoms with Crippen LogP contribution in [0.2, 0.25) is 0 Å². The Kier molecular flexibility index (Phi) is 1.49. The van der Waals surface area contributed by atoms with Crippen molar-refractivity contribution in [3.63, 3.8) is 0 Å². The molecule has 0 aliphatic heterocycles. The van der Waals surface area contributed by atoms with Crippen LogP contribution >= 0.6 is 11.3 Å². The summed E-state index contributed by atoms with van der Waals surface area (Å²) in [6.07, 6.45) is 0.381. The van der Waals surface area contributed by atoms with E-state index in [-0.39, 0.29) is 5.70 Å². The topological polar surface area (TPSA) is 63.4 Å². The van der Waals surface area contributed by atoms with Gasteiger partial charge >= 0.3 is 0 Å². The zero-order chi connectivity index (χ0) is 8.72. The lowest BCUT2D eigenvalue weighted by Crippen LogP contribution is -2.04. The van der Waals surface area contributed by atoms with Crippen LogP contribution in [0.3, 0.4) is 0 Å². The highest BCUT2D eigenvalue weighted by Gasteiger charge is 2.32. The van der Waals surface area contributed by atoms with Crippen LogP contribution in [0.4, 0.5) is 0 Å². The van der Waals surface area contributed by atoms with Crippen LogP contribution in [0.15, 0.2) is 17.1 Å². The first-order chi connectivity index (χ1) is 5.70. The zero-order valence-electron chi connectivity index (χ0n) is 5.93. The lowest BCUT2D eigenvalue weighted by molar-refractivity contribution is -0.434. The van der Waals surface area contributed by atoms with Crippen LogP contribution in [0.5, 0.6) is 0 Å². The van der Waals surface area contributed by atoms with Gasteiger partial charge in [0.15, 0.2) is 6.10 Å². The number of fused-ring (bicyclic) bond motifs is 1. The Morgan fingerprint density at radius 1 is 1.67 bits per heavy atom.